The zero-order chi connectivity index (χ0) is 15.4. The Hall–Kier alpha value is -1.92. The van der Waals surface area contributed by atoms with E-state index in [1.165, 1.54) is 0 Å². The molecule has 0 amide bonds. The summed E-state index contributed by atoms with van der Waals surface area (Å²) in [5.41, 5.74) is -0.151. The molecule has 0 aliphatic heterocycles. The van der Waals surface area contributed by atoms with Gasteiger partial charge in [0.05, 0.1) is 11.5 Å². The minimum Gasteiger partial charge on any atom is -0.472 e. The molecular weight excluding hydrogens is 272 g/mol. The number of hydrogen-bond donors (Lipinski definition) is 1. The van der Waals surface area contributed by atoms with Crippen LogP contribution in [0.1, 0.15) is 45.9 Å². The lowest BCUT2D eigenvalue weighted by atomic mass is 10.2. The molecule has 0 aromatic carbocycles. The van der Waals surface area contributed by atoms with Crippen molar-refractivity contribution in [1.82, 2.24) is 9.97 Å². The van der Waals surface area contributed by atoms with Gasteiger partial charge >= 0.3 is 5.69 Å². The summed E-state index contributed by atoms with van der Waals surface area (Å²) in [6.07, 6.45) is 3.60. The van der Waals surface area contributed by atoms with Crippen LogP contribution in [0.15, 0.2) is 0 Å². The maximum atomic E-state index is 11.4. The third kappa shape index (κ3) is 4.27. The molecule has 0 unspecified atom stereocenters. The molecule has 2 rings (SSSR count). The van der Waals surface area contributed by atoms with Crippen molar-refractivity contribution in [3.8, 4) is 5.88 Å². The number of nitro groups is 1. The van der Waals surface area contributed by atoms with Gasteiger partial charge < -0.3 is 10.1 Å². The number of aromatic nitrogens is 2. The first-order valence-electron chi connectivity index (χ1n) is 7.45. The van der Waals surface area contributed by atoms with Crippen molar-refractivity contribution in [2.45, 2.75) is 52.5 Å². The van der Waals surface area contributed by atoms with Gasteiger partial charge in [0.2, 0.25) is 5.82 Å². The van der Waals surface area contributed by atoms with Crippen LogP contribution in [-0.4, -0.2) is 27.5 Å². The summed E-state index contributed by atoms with van der Waals surface area (Å²) in [6, 6.07) is 0.283. The molecule has 116 valence electrons. The van der Waals surface area contributed by atoms with Crippen LogP contribution in [0.25, 0.3) is 0 Å². The summed E-state index contributed by atoms with van der Waals surface area (Å²) in [5.74, 6) is 1.23. The van der Waals surface area contributed by atoms with Crippen molar-refractivity contribution < 1.29 is 9.66 Å². The molecule has 21 heavy (non-hydrogen) atoms. The zero-order valence-corrected chi connectivity index (χ0v) is 12.8. The highest BCUT2D eigenvalue weighted by Crippen LogP contribution is 2.35. The summed E-state index contributed by atoms with van der Waals surface area (Å²) in [6.45, 7) is 6.40. The van der Waals surface area contributed by atoms with Gasteiger partial charge in [-0.2, -0.15) is 4.98 Å². The van der Waals surface area contributed by atoms with Crippen molar-refractivity contribution >= 4 is 11.5 Å². The Balaban J connectivity index is 2.36. The second-order valence-corrected chi connectivity index (χ2v) is 5.77. The maximum absolute atomic E-state index is 11.4. The van der Waals surface area contributed by atoms with Crippen LogP contribution in [0, 0.1) is 16.0 Å². The number of nitrogens with one attached hydrogen (secondary N) is 1. The van der Waals surface area contributed by atoms with Gasteiger partial charge in [-0.3, -0.25) is 10.1 Å². The molecule has 7 heteroatoms. The summed E-state index contributed by atoms with van der Waals surface area (Å²) < 4.78 is 5.56. The summed E-state index contributed by atoms with van der Waals surface area (Å²) >= 11 is 0. The number of anilines is 1. The minimum absolute atomic E-state index is 0.0790. The van der Waals surface area contributed by atoms with Crippen LogP contribution in [0.2, 0.25) is 0 Å². The Morgan fingerprint density at radius 2 is 2.14 bits per heavy atom. The largest absolute Gasteiger partial charge is 0.472 e. The van der Waals surface area contributed by atoms with Crippen LogP contribution in [0.5, 0.6) is 5.88 Å². The molecular formula is C14H22N4O3. The fraction of sp³-hybridized carbons (Fsp3) is 0.714. The van der Waals surface area contributed by atoms with Gasteiger partial charge in [0.25, 0.3) is 5.88 Å². The highest BCUT2D eigenvalue weighted by atomic mass is 16.6. The Morgan fingerprint density at radius 3 is 2.67 bits per heavy atom. The van der Waals surface area contributed by atoms with E-state index in [2.05, 4.69) is 15.3 Å². The summed E-state index contributed by atoms with van der Waals surface area (Å²) in [4.78, 5) is 19.4. The molecule has 0 spiro atoms. The Bertz CT molecular complexity index is 515. The van der Waals surface area contributed by atoms with E-state index in [1.54, 1.807) is 0 Å². The number of nitrogens with zero attached hydrogens (tertiary/aromatic N) is 3. The van der Waals surface area contributed by atoms with Crippen molar-refractivity contribution in [3.63, 3.8) is 0 Å². The van der Waals surface area contributed by atoms with Crippen molar-refractivity contribution in [2.75, 3.05) is 11.9 Å². The maximum Gasteiger partial charge on any atom is 0.372 e. The molecule has 0 saturated heterocycles. The highest BCUT2D eigenvalue weighted by Gasteiger charge is 2.31. The minimum atomic E-state index is -0.462. The van der Waals surface area contributed by atoms with E-state index in [0.717, 1.165) is 19.3 Å². The van der Waals surface area contributed by atoms with Crippen molar-refractivity contribution in [1.29, 1.82) is 0 Å². The summed E-state index contributed by atoms with van der Waals surface area (Å²) in [7, 11) is 0. The first-order valence-corrected chi connectivity index (χ1v) is 7.45. The predicted molar refractivity (Wildman–Crippen MR) is 79.7 cm³/mol. The summed E-state index contributed by atoms with van der Waals surface area (Å²) in [5, 5.41) is 14.5. The molecule has 1 fully saturated rings. The quantitative estimate of drug-likeness (QED) is 0.585. The van der Waals surface area contributed by atoms with E-state index in [0.29, 0.717) is 24.7 Å². The smallest absolute Gasteiger partial charge is 0.372 e. The molecule has 1 aliphatic rings. The van der Waals surface area contributed by atoms with Gasteiger partial charge in [-0.15, -0.1) is 0 Å². The van der Waals surface area contributed by atoms with Crippen LogP contribution in [-0.2, 0) is 6.42 Å². The molecule has 1 aromatic rings. The first kappa shape index (κ1) is 15.5. The Kier molecular flexibility index (Phi) is 4.93. The molecule has 0 bridgehead atoms. The van der Waals surface area contributed by atoms with E-state index in [1.807, 2.05) is 20.8 Å². The zero-order valence-electron chi connectivity index (χ0n) is 12.8. The number of aryl methyl sites for hydroxylation is 1. The van der Waals surface area contributed by atoms with Crippen LogP contribution in [0.3, 0.4) is 0 Å². The Labute approximate surface area is 124 Å². The lowest BCUT2D eigenvalue weighted by Crippen LogP contribution is -2.13. The molecule has 1 heterocycles. The Morgan fingerprint density at radius 1 is 1.43 bits per heavy atom. The lowest BCUT2D eigenvalue weighted by Gasteiger charge is -2.12. The van der Waals surface area contributed by atoms with E-state index < -0.39 is 4.92 Å². The molecule has 1 saturated carbocycles. The fourth-order valence-electron chi connectivity index (χ4n) is 1.85. The standard InChI is InChI=1S/C14H22N4O3/c1-4-5-11-16-13(15-10-6-7-10)12(18(19)20)14(17-11)21-8-9(2)3/h9-10H,4-8H2,1-3H3,(H,15,16,17). The van der Waals surface area contributed by atoms with Crippen LogP contribution >= 0.6 is 0 Å². The second kappa shape index (κ2) is 6.69. The molecule has 0 atom stereocenters. The van der Waals surface area contributed by atoms with E-state index >= 15 is 0 Å². The van der Waals surface area contributed by atoms with Gasteiger partial charge in [-0.1, -0.05) is 20.8 Å². The average molecular weight is 294 g/mol. The number of rotatable bonds is 8. The van der Waals surface area contributed by atoms with Crippen LogP contribution in [0.4, 0.5) is 11.5 Å². The third-order valence-corrected chi connectivity index (χ3v) is 3.03. The van der Waals surface area contributed by atoms with Crippen molar-refractivity contribution in [2.24, 2.45) is 5.92 Å². The van der Waals surface area contributed by atoms with Gasteiger partial charge in [0, 0.05) is 12.5 Å². The monoisotopic (exact) mass is 294 g/mol. The fourth-order valence-corrected chi connectivity index (χ4v) is 1.85. The highest BCUT2D eigenvalue weighted by molar-refractivity contribution is 5.62. The molecule has 1 aliphatic carbocycles. The van der Waals surface area contributed by atoms with Gasteiger partial charge in [-0.05, 0) is 25.2 Å². The van der Waals surface area contributed by atoms with Gasteiger partial charge in [0.15, 0.2) is 0 Å². The topological polar surface area (TPSA) is 90.2 Å². The van der Waals surface area contributed by atoms with Gasteiger partial charge in [-0.25, -0.2) is 4.98 Å². The molecule has 7 nitrogen and oxygen atoms in total. The molecule has 1 N–H and O–H groups in total. The first-order chi connectivity index (χ1) is 10.0. The van der Waals surface area contributed by atoms with Crippen LogP contribution < -0.4 is 10.1 Å². The van der Waals surface area contributed by atoms with E-state index in [-0.39, 0.29) is 23.5 Å². The number of hydrogen-bond acceptors (Lipinski definition) is 6. The van der Waals surface area contributed by atoms with Gasteiger partial charge in [0.1, 0.15) is 5.82 Å². The number of ether oxygens (including phenoxy) is 1. The molecule has 0 radical (unpaired) electrons. The van der Waals surface area contributed by atoms with E-state index in [9.17, 15) is 10.1 Å². The predicted octanol–water partition coefficient (Wildman–Crippen LogP) is 2.95. The van der Waals surface area contributed by atoms with Crippen molar-refractivity contribution in [3.05, 3.63) is 15.9 Å². The normalized spacial score (nSPS) is 14.3. The third-order valence-electron chi connectivity index (χ3n) is 3.03. The second-order valence-electron chi connectivity index (χ2n) is 5.77. The SMILES string of the molecule is CCCc1nc(NC2CC2)c([N+](=O)[O-])c(OCC(C)C)n1. The lowest BCUT2D eigenvalue weighted by molar-refractivity contribution is -0.385. The van der Waals surface area contributed by atoms with E-state index in [4.69, 9.17) is 4.74 Å². The average Bonchev–Trinajstić information content (AvgIpc) is 3.20. The molecule has 1 aromatic heterocycles.